The van der Waals surface area contributed by atoms with Crippen molar-refractivity contribution in [3.05, 3.63) is 65.2 Å². The molecule has 0 saturated heterocycles. The fourth-order valence-electron chi connectivity index (χ4n) is 2.37. The van der Waals surface area contributed by atoms with Gasteiger partial charge < -0.3 is 9.47 Å². The van der Waals surface area contributed by atoms with Crippen LogP contribution < -0.4 is 4.74 Å². The first-order valence-corrected chi connectivity index (χ1v) is 8.26. The predicted molar refractivity (Wildman–Crippen MR) is 91.8 cm³/mol. The van der Waals surface area contributed by atoms with Gasteiger partial charge in [0.2, 0.25) is 0 Å². The second-order valence-corrected chi connectivity index (χ2v) is 5.73. The summed E-state index contributed by atoms with van der Waals surface area (Å²) < 4.78 is 37.3. The van der Waals surface area contributed by atoms with Gasteiger partial charge in [-0.1, -0.05) is 25.1 Å². The lowest BCUT2D eigenvalue weighted by Gasteiger charge is -2.12. The van der Waals surface area contributed by atoms with Gasteiger partial charge in [0.1, 0.15) is 30.4 Å². The highest BCUT2D eigenvalue weighted by molar-refractivity contribution is 5.98. The molecule has 0 aliphatic heterocycles. The molecule has 0 aliphatic carbocycles. The van der Waals surface area contributed by atoms with Gasteiger partial charge in [0.05, 0.1) is 12.2 Å². The Morgan fingerprint density at radius 1 is 1.04 bits per heavy atom. The van der Waals surface area contributed by atoms with Gasteiger partial charge in [0, 0.05) is 5.92 Å². The van der Waals surface area contributed by atoms with E-state index >= 15 is 0 Å². The standard InChI is InChI=1S/C20H20F2O4/c1-3-25-20(24)11-19(23)13(2)14-7-9-15(10-8-14)26-12-16-17(21)5-4-6-18(16)22/h4-10,13H,3,11-12H2,1-2H3. The molecule has 4 nitrogen and oxygen atoms in total. The lowest BCUT2D eigenvalue weighted by atomic mass is 9.95. The number of ether oxygens (including phenoxy) is 2. The zero-order chi connectivity index (χ0) is 19.1. The molecular weight excluding hydrogens is 342 g/mol. The van der Waals surface area contributed by atoms with E-state index in [2.05, 4.69) is 0 Å². The number of halogens is 2. The summed E-state index contributed by atoms with van der Waals surface area (Å²) >= 11 is 0. The molecule has 0 amide bonds. The Bertz CT molecular complexity index is 752. The van der Waals surface area contributed by atoms with Crippen LogP contribution in [0.15, 0.2) is 42.5 Å². The third-order valence-corrected chi connectivity index (χ3v) is 3.93. The van der Waals surface area contributed by atoms with Crippen LogP contribution in [0.2, 0.25) is 0 Å². The Kier molecular flexibility index (Phi) is 6.83. The quantitative estimate of drug-likeness (QED) is 0.522. The minimum absolute atomic E-state index is 0.144. The summed E-state index contributed by atoms with van der Waals surface area (Å²) in [4.78, 5) is 23.5. The number of esters is 1. The zero-order valence-corrected chi connectivity index (χ0v) is 14.6. The van der Waals surface area contributed by atoms with Gasteiger partial charge in [-0.25, -0.2) is 8.78 Å². The normalized spacial score (nSPS) is 11.7. The molecule has 0 N–H and O–H groups in total. The number of hydrogen-bond acceptors (Lipinski definition) is 4. The first kappa shape index (κ1) is 19.6. The molecule has 2 aromatic rings. The highest BCUT2D eigenvalue weighted by atomic mass is 19.1. The Hall–Kier alpha value is -2.76. The van der Waals surface area contributed by atoms with Crippen LogP contribution in [0.3, 0.4) is 0 Å². The largest absolute Gasteiger partial charge is 0.489 e. The molecule has 6 heteroatoms. The summed E-state index contributed by atoms with van der Waals surface area (Å²) in [6, 6.07) is 10.2. The first-order valence-electron chi connectivity index (χ1n) is 8.26. The van der Waals surface area contributed by atoms with Crippen LogP contribution in [0.4, 0.5) is 8.78 Å². The maximum atomic E-state index is 13.6. The predicted octanol–water partition coefficient (Wildman–Crippen LogP) is 4.17. The van der Waals surface area contributed by atoms with Gasteiger partial charge in [0.25, 0.3) is 0 Å². The van der Waals surface area contributed by atoms with Crippen molar-refractivity contribution in [3.63, 3.8) is 0 Å². The molecule has 2 rings (SSSR count). The summed E-state index contributed by atoms with van der Waals surface area (Å²) in [5.74, 6) is -2.18. The van der Waals surface area contributed by atoms with Gasteiger partial charge in [-0.15, -0.1) is 0 Å². The minimum atomic E-state index is -0.667. The van der Waals surface area contributed by atoms with Crippen molar-refractivity contribution in [2.45, 2.75) is 32.8 Å². The van der Waals surface area contributed by atoms with Gasteiger partial charge in [-0.2, -0.15) is 0 Å². The van der Waals surface area contributed by atoms with E-state index in [1.54, 1.807) is 38.1 Å². The molecule has 0 aliphatic rings. The second-order valence-electron chi connectivity index (χ2n) is 5.73. The number of benzene rings is 2. The molecule has 0 bridgehead atoms. The van der Waals surface area contributed by atoms with E-state index in [1.807, 2.05) is 0 Å². The van der Waals surface area contributed by atoms with Crippen molar-refractivity contribution in [2.24, 2.45) is 0 Å². The number of carbonyl (C=O) groups is 2. The smallest absolute Gasteiger partial charge is 0.313 e. The van der Waals surface area contributed by atoms with E-state index in [0.717, 1.165) is 0 Å². The van der Waals surface area contributed by atoms with Crippen molar-refractivity contribution in [1.29, 1.82) is 0 Å². The van der Waals surface area contributed by atoms with Crippen molar-refractivity contribution in [1.82, 2.24) is 0 Å². The van der Waals surface area contributed by atoms with E-state index < -0.39 is 23.5 Å². The van der Waals surface area contributed by atoms with Crippen LogP contribution in [0.5, 0.6) is 5.75 Å². The van der Waals surface area contributed by atoms with Gasteiger partial charge in [-0.3, -0.25) is 9.59 Å². The summed E-state index contributed by atoms with van der Waals surface area (Å²) in [6.07, 6.45) is -0.278. The second kappa shape index (κ2) is 9.08. The number of rotatable bonds is 8. The average molecular weight is 362 g/mol. The molecule has 0 aromatic heterocycles. The number of hydrogen-bond donors (Lipinski definition) is 0. The lowest BCUT2D eigenvalue weighted by Crippen LogP contribution is -2.16. The van der Waals surface area contributed by atoms with Crippen LogP contribution in [0.25, 0.3) is 0 Å². The van der Waals surface area contributed by atoms with E-state index in [4.69, 9.17) is 9.47 Å². The molecule has 138 valence electrons. The van der Waals surface area contributed by atoms with Gasteiger partial charge in [-0.05, 0) is 36.8 Å². The SMILES string of the molecule is CCOC(=O)CC(=O)C(C)c1ccc(OCc2c(F)cccc2F)cc1. The van der Waals surface area contributed by atoms with E-state index in [1.165, 1.54) is 18.2 Å². The molecule has 0 heterocycles. The summed E-state index contributed by atoms with van der Waals surface area (Å²) in [5, 5.41) is 0. The van der Waals surface area contributed by atoms with Crippen molar-refractivity contribution in [3.8, 4) is 5.75 Å². The fraction of sp³-hybridized carbons (Fsp3) is 0.300. The Morgan fingerprint density at radius 3 is 2.23 bits per heavy atom. The van der Waals surface area contributed by atoms with Crippen molar-refractivity contribution < 1.29 is 27.8 Å². The average Bonchev–Trinajstić information content (AvgIpc) is 2.61. The maximum absolute atomic E-state index is 13.6. The number of carbonyl (C=O) groups excluding carboxylic acids is 2. The van der Waals surface area contributed by atoms with Crippen LogP contribution in [-0.4, -0.2) is 18.4 Å². The summed E-state index contributed by atoms with van der Waals surface area (Å²) in [5.41, 5.74) is 0.568. The van der Waals surface area contributed by atoms with Gasteiger partial charge >= 0.3 is 5.97 Å². The molecular formula is C20H20F2O4. The maximum Gasteiger partial charge on any atom is 0.313 e. The fourth-order valence-corrected chi connectivity index (χ4v) is 2.37. The first-order chi connectivity index (χ1) is 12.4. The zero-order valence-electron chi connectivity index (χ0n) is 14.6. The van der Waals surface area contributed by atoms with Crippen molar-refractivity contribution in [2.75, 3.05) is 6.61 Å². The molecule has 1 atom stereocenters. The Morgan fingerprint density at radius 2 is 1.65 bits per heavy atom. The van der Waals surface area contributed by atoms with Crippen LogP contribution in [-0.2, 0) is 20.9 Å². The van der Waals surface area contributed by atoms with Crippen molar-refractivity contribution >= 4 is 11.8 Å². The lowest BCUT2D eigenvalue weighted by molar-refractivity contribution is -0.145. The van der Waals surface area contributed by atoms with Gasteiger partial charge in [0.15, 0.2) is 5.78 Å². The molecule has 0 saturated carbocycles. The summed E-state index contributed by atoms with van der Waals surface area (Å²) in [7, 11) is 0. The molecule has 26 heavy (non-hydrogen) atoms. The summed E-state index contributed by atoms with van der Waals surface area (Å²) in [6.45, 7) is 3.37. The topological polar surface area (TPSA) is 52.6 Å². The third kappa shape index (κ3) is 5.12. The number of ketones is 1. The van der Waals surface area contributed by atoms with E-state index in [9.17, 15) is 18.4 Å². The van der Waals surface area contributed by atoms with Crippen LogP contribution in [0, 0.1) is 11.6 Å². The molecule has 2 aromatic carbocycles. The Balaban J connectivity index is 1.97. The third-order valence-electron chi connectivity index (χ3n) is 3.93. The van der Waals surface area contributed by atoms with Crippen LogP contribution >= 0.6 is 0 Å². The number of Topliss-reactive ketones (excluding diaryl/α,β-unsaturated/α-hetero) is 1. The highest BCUT2D eigenvalue weighted by Crippen LogP contribution is 2.22. The van der Waals surface area contributed by atoms with E-state index in [-0.39, 0.29) is 31.0 Å². The molecule has 1 unspecified atom stereocenters. The minimum Gasteiger partial charge on any atom is -0.489 e. The van der Waals surface area contributed by atoms with Crippen LogP contribution in [0.1, 0.15) is 37.3 Å². The monoisotopic (exact) mass is 362 g/mol. The molecule has 0 fully saturated rings. The molecule has 0 spiro atoms. The van der Waals surface area contributed by atoms with E-state index in [0.29, 0.717) is 11.3 Å². The Labute approximate surface area is 150 Å². The molecule has 0 radical (unpaired) electrons. The highest BCUT2D eigenvalue weighted by Gasteiger charge is 2.19.